The number of rotatable bonds is 4. The zero-order chi connectivity index (χ0) is 12.1. The van der Waals surface area contributed by atoms with Gasteiger partial charge in [0.25, 0.3) is 10.1 Å². The molecular weight excluding hydrogens is 236 g/mol. The van der Waals surface area contributed by atoms with Gasteiger partial charge in [0.2, 0.25) is 0 Å². The van der Waals surface area contributed by atoms with E-state index in [-0.39, 0.29) is 5.75 Å². The third-order valence-corrected chi connectivity index (χ3v) is 6.08. The highest BCUT2D eigenvalue weighted by Crippen LogP contribution is 2.61. The van der Waals surface area contributed by atoms with Crippen LogP contribution in [0.5, 0.6) is 0 Å². The van der Waals surface area contributed by atoms with Crippen LogP contribution in [0.3, 0.4) is 0 Å². The number of hydrogen-bond acceptors (Lipinski definition) is 2. The van der Waals surface area contributed by atoms with E-state index < -0.39 is 10.1 Å². The van der Waals surface area contributed by atoms with Crippen LogP contribution in [0.1, 0.15) is 51.4 Å². The third kappa shape index (κ3) is 2.53. The van der Waals surface area contributed by atoms with Crippen molar-refractivity contribution in [3.8, 4) is 0 Å². The molecule has 0 amide bonds. The smallest absolute Gasteiger partial charge is 0.264 e. The Hall–Kier alpha value is -0.0900. The van der Waals surface area contributed by atoms with Crippen molar-refractivity contribution in [3.63, 3.8) is 0 Å². The van der Waals surface area contributed by atoms with Gasteiger partial charge in [0, 0.05) is 0 Å². The van der Waals surface area contributed by atoms with E-state index in [2.05, 4.69) is 0 Å². The summed E-state index contributed by atoms with van der Waals surface area (Å²) in [6.45, 7) is 0. The van der Waals surface area contributed by atoms with Gasteiger partial charge >= 0.3 is 0 Å². The molecule has 0 saturated heterocycles. The molecule has 0 aromatic heterocycles. The Morgan fingerprint density at radius 1 is 1.00 bits per heavy atom. The van der Waals surface area contributed by atoms with Crippen molar-refractivity contribution in [1.82, 2.24) is 0 Å². The Morgan fingerprint density at radius 2 is 1.47 bits per heavy atom. The van der Waals surface area contributed by atoms with E-state index in [0.717, 1.165) is 24.2 Å². The van der Waals surface area contributed by atoms with Gasteiger partial charge in [-0.15, -0.1) is 0 Å². The lowest BCUT2D eigenvalue weighted by atomic mass is 9.49. The molecule has 0 aromatic carbocycles. The molecule has 0 heterocycles. The van der Waals surface area contributed by atoms with Crippen molar-refractivity contribution in [1.29, 1.82) is 0 Å². The molecule has 4 fully saturated rings. The first kappa shape index (κ1) is 12.0. The van der Waals surface area contributed by atoms with E-state index >= 15 is 0 Å². The van der Waals surface area contributed by atoms with Crippen LogP contribution in [0.25, 0.3) is 0 Å². The Labute approximate surface area is 104 Å². The zero-order valence-electron chi connectivity index (χ0n) is 10.3. The van der Waals surface area contributed by atoms with Gasteiger partial charge in [-0.05, 0) is 74.5 Å². The Balaban J connectivity index is 1.62. The maximum absolute atomic E-state index is 10.8. The Morgan fingerprint density at radius 3 is 1.88 bits per heavy atom. The van der Waals surface area contributed by atoms with E-state index in [4.69, 9.17) is 4.55 Å². The lowest BCUT2D eigenvalue weighted by Crippen LogP contribution is -2.46. The molecule has 4 aliphatic carbocycles. The van der Waals surface area contributed by atoms with Gasteiger partial charge in [0.1, 0.15) is 0 Å². The predicted molar refractivity (Wildman–Crippen MR) is 66.3 cm³/mol. The monoisotopic (exact) mass is 258 g/mol. The summed E-state index contributed by atoms with van der Waals surface area (Å²) in [5.74, 6) is 2.72. The summed E-state index contributed by atoms with van der Waals surface area (Å²) in [7, 11) is -3.76. The summed E-state index contributed by atoms with van der Waals surface area (Å²) >= 11 is 0. The van der Waals surface area contributed by atoms with Crippen LogP contribution in [0.2, 0.25) is 0 Å². The lowest BCUT2D eigenvalue weighted by molar-refractivity contribution is -0.0573. The summed E-state index contributed by atoms with van der Waals surface area (Å²) in [6.07, 6.45) is 9.91. The van der Waals surface area contributed by atoms with Crippen molar-refractivity contribution in [2.45, 2.75) is 51.4 Å². The van der Waals surface area contributed by atoms with Gasteiger partial charge < -0.3 is 0 Å². The molecule has 17 heavy (non-hydrogen) atoms. The second-order valence-electron chi connectivity index (χ2n) is 6.81. The normalized spacial score (nSPS) is 44.2. The third-order valence-electron chi connectivity index (χ3n) is 5.27. The van der Waals surface area contributed by atoms with Crippen LogP contribution in [-0.4, -0.2) is 18.7 Å². The molecule has 4 bridgehead atoms. The van der Waals surface area contributed by atoms with Gasteiger partial charge in [-0.25, -0.2) is 0 Å². The van der Waals surface area contributed by atoms with Crippen LogP contribution in [0.15, 0.2) is 0 Å². The van der Waals surface area contributed by atoms with Crippen molar-refractivity contribution in [3.05, 3.63) is 0 Å². The molecular formula is C13H22O3S. The molecule has 1 N–H and O–H groups in total. The van der Waals surface area contributed by atoms with E-state index in [0.29, 0.717) is 11.8 Å². The molecule has 4 heteroatoms. The summed E-state index contributed by atoms with van der Waals surface area (Å²) in [5, 5.41) is 0. The molecule has 4 saturated carbocycles. The first-order valence-corrected chi connectivity index (χ1v) is 8.50. The van der Waals surface area contributed by atoms with Crippen molar-refractivity contribution >= 4 is 10.1 Å². The minimum absolute atomic E-state index is 0.0469. The minimum Gasteiger partial charge on any atom is -0.286 e. The van der Waals surface area contributed by atoms with Crippen LogP contribution in [0.4, 0.5) is 0 Å². The molecule has 4 rings (SSSR count). The summed E-state index contributed by atoms with van der Waals surface area (Å²) in [6, 6.07) is 0. The highest BCUT2D eigenvalue weighted by Gasteiger charge is 2.50. The van der Waals surface area contributed by atoms with Crippen LogP contribution >= 0.6 is 0 Å². The first-order valence-electron chi connectivity index (χ1n) is 6.89. The molecule has 4 aliphatic rings. The predicted octanol–water partition coefficient (Wildman–Crippen LogP) is 2.87. The van der Waals surface area contributed by atoms with E-state index in [1.54, 1.807) is 0 Å². The standard InChI is InChI=1S/C13H22O3S/c14-17(15,16)3-1-2-13-7-10-4-11(8-13)6-12(5-10)9-13/h10-12H,1-9H2,(H,14,15,16). The van der Waals surface area contributed by atoms with Crippen LogP contribution < -0.4 is 0 Å². The van der Waals surface area contributed by atoms with E-state index in [1.807, 2.05) is 0 Å². The van der Waals surface area contributed by atoms with Gasteiger partial charge in [-0.2, -0.15) is 8.42 Å². The van der Waals surface area contributed by atoms with Crippen molar-refractivity contribution in [2.75, 3.05) is 5.75 Å². The summed E-state index contributed by atoms with van der Waals surface area (Å²) in [5.41, 5.74) is 0.444. The fraction of sp³-hybridized carbons (Fsp3) is 1.00. The molecule has 0 atom stereocenters. The highest BCUT2D eigenvalue weighted by atomic mass is 32.2. The molecule has 0 aliphatic heterocycles. The lowest BCUT2D eigenvalue weighted by Gasteiger charge is -2.57. The van der Waals surface area contributed by atoms with Gasteiger partial charge in [-0.1, -0.05) is 0 Å². The zero-order valence-corrected chi connectivity index (χ0v) is 11.1. The molecule has 3 nitrogen and oxygen atoms in total. The van der Waals surface area contributed by atoms with Crippen LogP contribution in [0, 0.1) is 23.2 Å². The SMILES string of the molecule is O=S(=O)(O)CCCC12CC3CC(CC(C3)C1)C2. The Kier molecular flexibility index (Phi) is 2.78. The molecule has 98 valence electrons. The highest BCUT2D eigenvalue weighted by molar-refractivity contribution is 7.85. The quantitative estimate of drug-likeness (QED) is 0.789. The molecule has 0 radical (unpaired) electrons. The van der Waals surface area contributed by atoms with Crippen molar-refractivity contribution < 1.29 is 13.0 Å². The van der Waals surface area contributed by atoms with Crippen molar-refractivity contribution in [2.24, 2.45) is 23.2 Å². The van der Waals surface area contributed by atoms with E-state index in [1.165, 1.54) is 38.5 Å². The first-order chi connectivity index (χ1) is 7.94. The Bertz CT molecular complexity index is 364. The number of hydrogen-bond donors (Lipinski definition) is 1. The second kappa shape index (κ2) is 3.95. The summed E-state index contributed by atoms with van der Waals surface area (Å²) < 4.78 is 30.3. The van der Waals surface area contributed by atoms with Crippen LogP contribution in [-0.2, 0) is 10.1 Å². The molecule has 0 aromatic rings. The average Bonchev–Trinajstić information content (AvgIpc) is 2.11. The second-order valence-corrected chi connectivity index (χ2v) is 8.38. The fourth-order valence-electron chi connectivity index (χ4n) is 5.23. The summed E-state index contributed by atoms with van der Waals surface area (Å²) in [4.78, 5) is 0. The average molecular weight is 258 g/mol. The minimum atomic E-state index is -3.76. The maximum atomic E-state index is 10.8. The molecule has 0 unspecified atom stereocenters. The van der Waals surface area contributed by atoms with Gasteiger partial charge in [0.05, 0.1) is 5.75 Å². The van der Waals surface area contributed by atoms with Gasteiger partial charge in [0.15, 0.2) is 0 Å². The maximum Gasteiger partial charge on any atom is 0.264 e. The van der Waals surface area contributed by atoms with Gasteiger partial charge in [-0.3, -0.25) is 4.55 Å². The largest absolute Gasteiger partial charge is 0.286 e. The van der Waals surface area contributed by atoms with E-state index in [9.17, 15) is 8.42 Å². The molecule has 0 spiro atoms. The fourth-order valence-corrected chi connectivity index (χ4v) is 5.73. The topological polar surface area (TPSA) is 54.4 Å².